The van der Waals surface area contributed by atoms with Crippen LogP contribution in [0.25, 0.3) is 11.1 Å². The van der Waals surface area contributed by atoms with Gasteiger partial charge in [-0.1, -0.05) is 6.92 Å². The smallest absolute Gasteiger partial charge is 0.295 e. The number of hydrogen-bond donors (Lipinski definition) is 2. The number of aryl methyl sites for hydroxylation is 2. The molecule has 2 N–H and O–H groups in total. The minimum atomic E-state index is -0.361. The van der Waals surface area contributed by atoms with Crippen molar-refractivity contribution in [2.75, 3.05) is 5.32 Å². The van der Waals surface area contributed by atoms with E-state index in [-0.39, 0.29) is 11.7 Å². The molecule has 0 fully saturated rings. The van der Waals surface area contributed by atoms with Gasteiger partial charge < -0.3 is 9.73 Å². The number of fused-ring (bicyclic) bond motifs is 1. The number of nitrogens with one attached hydrogen (secondary N) is 2. The molecule has 7 nitrogen and oxygen atoms in total. The molecule has 0 spiro atoms. The van der Waals surface area contributed by atoms with Gasteiger partial charge in [-0.15, -0.1) is 5.10 Å². The minimum Gasteiger partial charge on any atom is -0.441 e. The molecule has 0 unspecified atom stereocenters. The van der Waals surface area contributed by atoms with Crippen LogP contribution in [0.5, 0.6) is 0 Å². The number of rotatable bonds is 3. The van der Waals surface area contributed by atoms with Crippen LogP contribution in [0.1, 0.15) is 29.3 Å². The summed E-state index contributed by atoms with van der Waals surface area (Å²) in [4.78, 5) is 20.3. The fraction of sp³-hybridized carbons (Fsp3) is 0.231. The zero-order valence-corrected chi connectivity index (χ0v) is 11.1. The highest BCUT2D eigenvalue weighted by Crippen LogP contribution is 2.19. The van der Waals surface area contributed by atoms with E-state index in [1.54, 1.807) is 25.1 Å². The summed E-state index contributed by atoms with van der Waals surface area (Å²) >= 11 is 0. The lowest BCUT2D eigenvalue weighted by Gasteiger charge is -2.01. The number of carbonyl (C=O) groups is 1. The van der Waals surface area contributed by atoms with Gasteiger partial charge in [-0.25, -0.2) is 9.97 Å². The monoisotopic (exact) mass is 271 g/mol. The average Bonchev–Trinajstić information content (AvgIpc) is 3.03. The van der Waals surface area contributed by atoms with Crippen LogP contribution in [0, 0.1) is 6.92 Å². The molecule has 0 saturated carbocycles. The lowest BCUT2D eigenvalue weighted by molar-refractivity contribution is 0.101. The van der Waals surface area contributed by atoms with Gasteiger partial charge >= 0.3 is 0 Å². The molecular formula is C13H13N5O2. The maximum absolute atomic E-state index is 12.0. The van der Waals surface area contributed by atoms with E-state index in [9.17, 15) is 4.79 Å². The van der Waals surface area contributed by atoms with E-state index in [1.807, 2.05) is 6.92 Å². The second-order valence-corrected chi connectivity index (χ2v) is 4.33. The molecule has 0 aliphatic carbocycles. The molecule has 0 aliphatic heterocycles. The van der Waals surface area contributed by atoms with Crippen LogP contribution in [0.2, 0.25) is 0 Å². The molecule has 0 saturated heterocycles. The number of hydrogen-bond acceptors (Lipinski definition) is 5. The van der Waals surface area contributed by atoms with Gasteiger partial charge in [0.1, 0.15) is 11.3 Å². The molecule has 0 atom stereocenters. The molecule has 3 rings (SSSR count). The Bertz CT molecular complexity index is 774. The third-order valence-corrected chi connectivity index (χ3v) is 2.82. The molecule has 1 amide bonds. The Labute approximate surface area is 114 Å². The van der Waals surface area contributed by atoms with Crippen molar-refractivity contribution in [2.24, 2.45) is 0 Å². The Morgan fingerprint density at radius 3 is 3.00 bits per heavy atom. The van der Waals surface area contributed by atoms with Crippen molar-refractivity contribution in [1.29, 1.82) is 0 Å². The number of amides is 1. The second-order valence-electron chi connectivity index (χ2n) is 4.33. The second kappa shape index (κ2) is 4.76. The topological polar surface area (TPSA) is 96.7 Å². The van der Waals surface area contributed by atoms with Crippen LogP contribution in [0.15, 0.2) is 22.6 Å². The lowest BCUT2D eigenvalue weighted by atomic mass is 10.3. The first-order valence-electron chi connectivity index (χ1n) is 6.25. The van der Waals surface area contributed by atoms with Crippen molar-refractivity contribution in [3.8, 4) is 0 Å². The highest BCUT2D eigenvalue weighted by atomic mass is 16.3. The fourth-order valence-corrected chi connectivity index (χ4v) is 1.86. The Hall–Kier alpha value is -2.70. The van der Waals surface area contributed by atoms with Crippen molar-refractivity contribution in [2.45, 2.75) is 20.3 Å². The number of aromatic nitrogens is 4. The van der Waals surface area contributed by atoms with E-state index < -0.39 is 0 Å². The summed E-state index contributed by atoms with van der Waals surface area (Å²) in [7, 11) is 0. The van der Waals surface area contributed by atoms with Crippen LogP contribution in [-0.4, -0.2) is 26.1 Å². The number of carbonyl (C=O) groups excluding carboxylic acids is 1. The van der Waals surface area contributed by atoms with E-state index in [4.69, 9.17) is 4.42 Å². The zero-order valence-electron chi connectivity index (χ0n) is 11.1. The van der Waals surface area contributed by atoms with Gasteiger partial charge in [0.15, 0.2) is 11.5 Å². The Kier molecular flexibility index (Phi) is 2.94. The van der Waals surface area contributed by atoms with E-state index >= 15 is 0 Å². The molecule has 20 heavy (non-hydrogen) atoms. The van der Waals surface area contributed by atoms with Crippen molar-refractivity contribution in [3.05, 3.63) is 35.7 Å². The van der Waals surface area contributed by atoms with Crippen LogP contribution >= 0.6 is 0 Å². The van der Waals surface area contributed by atoms with Gasteiger partial charge in [-0.2, -0.15) is 0 Å². The highest BCUT2D eigenvalue weighted by Gasteiger charge is 2.13. The number of benzene rings is 1. The first-order chi connectivity index (χ1) is 9.65. The maximum atomic E-state index is 12.0. The van der Waals surface area contributed by atoms with Crippen LogP contribution < -0.4 is 5.32 Å². The van der Waals surface area contributed by atoms with Crippen molar-refractivity contribution < 1.29 is 9.21 Å². The summed E-state index contributed by atoms with van der Waals surface area (Å²) in [6.07, 6.45) is 0.699. The molecule has 0 aliphatic rings. The quantitative estimate of drug-likeness (QED) is 0.760. The molecular weight excluding hydrogens is 258 g/mol. The number of anilines is 1. The SMILES string of the molecule is CCc1nc(C(=O)Nc2ccc3oc(C)nc3c2)n[nH]1. The normalized spacial score (nSPS) is 10.9. The highest BCUT2D eigenvalue weighted by molar-refractivity contribution is 6.02. The van der Waals surface area contributed by atoms with Gasteiger partial charge in [0, 0.05) is 19.0 Å². The first kappa shape index (κ1) is 12.3. The molecule has 1 aromatic carbocycles. The van der Waals surface area contributed by atoms with Crippen LogP contribution in [-0.2, 0) is 6.42 Å². The Morgan fingerprint density at radius 2 is 2.25 bits per heavy atom. The Balaban J connectivity index is 1.82. The lowest BCUT2D eigenvalue weighted by Crippen LogP contribution is -2.13. The molecule has 0 bridgehead atoms. The summed E-state index contributed by atoms with van der Waals surface area (Å²) in [5, 5.41) is 9.30. The van der Waals surface area contributed by atoms with Gasteiger partial charge in [0.25, 0.3) is 5.91 Å². The van der Waals surface area contributed by atoms with Gasteiger partial charge in [0.2, 0.25) is 5.82 Å². The number of H-pyrrole nitrogens is 1. The summed E-state index contributed by atoms with van der Waals surface area (Å²) in [5.41, 5.74) is 2.01. The molecule has 102 valence electrons. The zero-order chi connectivity index (χ0) is 14.1. The van der Waals surface area contributed by atoms with Gasteiger partial charge in [-0.3, -0.25) is 9.89 Å². The first-order valence-corrected chi connectivity index (χ1v) is 6.25. The summed E-state index contributed by atoms with van der Waals surface area (Å²) in [6, 6.07) is 5.26. The van der Waals surface area contributed by atoms with Crippen LogP contribution in [0.4, 0.5) is 5.69 Å². The minimum absolute atomic E-state index is 0.123. The maximum Gasteiger partial charge on any atom is 0.295 e. The summed E-state index contributed by atoms with van der Waals surface area (Å²) < 4.78 is 5.38. The van der Waals surface area contributed by atoms with E-state index in [0.29, 0.717) is 34.9 Å². The van der Waals surface area contributed by atoms with E-state index in [0.717, 1.165) is 0 Å². The molecule has 0 radical (unpaired) electrons. The van der Waals surface area contributed by atoms with Gasteiger partial charge in [0.05, 0.1) is 0 Å². The number of oxazole rings is 1. The third kappa shape index (κ3) is 2.25. The van der Waals surface area contributed by atoms with Crippen molar-refractivity contribution in [1.82, 2.24) is 20.2 Å². The number of aromatic amines is 1. The van der Waals surface area contributed by atoms with E-state index in [1.165, 1.54) is 0 Å². The average molecular weight is 271 g/mol. The largest absolute Gasteiger partial charge is 0.441 e. The molecule has 2 aromatic heterocycles. The predicted octanol–water partition coefficient (Wildman–Crippen LogP) is 2.07. The summed E-state index contributed by atoms with van der Waals surface area (Å²) in [6.45, 7) is 3.71. The van der Waals surface area contributed by atoms with E-state index in [2.05, 4.69) is 25.5 Å². The third-order valence-electron chi connectivity index (χ3n) is 2.82. The van der Waals surface area contributed by atoms with Crippen LogP contribution in [0.3, 0.4) is 0 Å². The van der Waals surface area contributed by atoms with Crippen molar-refractivity contribution >= 4 is 22.7 Å². The Morgan fingerprint density at radius 1 is 1.40 bits per heavy atom. The number of nitrogens with zero attached hydrogens (tertiary/aromatic N) is 3. The molecule has 7 heteroatoms. The van der Waals surface area contributed by atoms with Crippen molar-refractivity contribution in [3.63, 3.8) is 0 Å². The predicted molar refractivity (Wildman–Crippen MR) is 72.5 cm³/mol. The summed E-state index contributed by atoms with van der Waals surface area (Å²) in [5.74, 6) is 1.03. The standard InChI is InChI=1S/C13H13N5O2/c1-3-11-16-12(18-17-11)13(19)15-8-4-5-10-9(6-8)14-7(2)20-10/h4-6H,3H2,1-2H3,(H,15,19)(H,16,17,18). The molecule has 2 heterocycles. The fourth-order valence-electron chi connectivity index (χ4n) is 1.86. The molecule has 3 aromatic rings. The van der Waals surface area contributed by atoms with Gasteiger partial charge in [-0.05, 0) is 18.2 Å².